The van der Waals surface area contributed by atoms with Crippen molar-refractivity contribution in [3.05, 3.63) is 233 Å². The summed E-state index contributed by atoms with van der Waals surface area (Å²) in [5, 5.41) is 17.6. The van der Waals surface area contributed by atoms with Gasteiger partial charge in [-0.2, -0.15) is 10.5 Å². The lowest BCUT2D eigenvalue weighted by molar-refractivity contribution is 0.0319. The Morgan fingerprint density at radius 3 is 1.18 bits per heavy atom. The number of nitrogens with zero attached hydrogens (tertiary/aromatic N) is 2. The van der Waals surface area contributed by atoms with E-state index < -0.39 is 5.97 Å². The lowest BCUT2D eigenvalue weighted by Gasteiger charge is -2.14. The first kappa shape index (κ1) is 82.2. The summed E-state index contributed by atoms with van der Waals surface area (Å²) in [6.45, 7) is 23.1. The Bertz CT molecular complexity index is 3650. The summed E-state index contributed by atoms with van der Waals surface area (Å²) in [5.41, 5.74) is 10.1. The Labute approximate surface area is 605 Å². The van der Waals surface area contributed by atoms with E-state index in [1.165, 1.54) is 93.7 Å². The van der Waals surface area contributed by atoms with E-state index in [4.69, 9.17) is 38.9 Å². The van der Waals surface area contributed by atoms with E-state index in [9.17, 15) is 14.4 Å². The molecule has 8 aromatic carbocycles. The van der Waals surface area contributed by atoms with Crippen molar-refractivity contribution >= 4 is 17.9 Å². The van der Waals surface area contributed by atoms with Crippen molar-refractivity contribution < 1.29 is 42.8 Å². The average Bonchev–Trinajstić information content (AvgIpc) is 0.893. The third kappa shape index (κ3) is 32.6. The van der Waals surface area contributed by atoms with Gasteiger partial charge in [0, 0.05) is 0 Å². The number of carbonyl (C=O) groups is 3. The summed E-state index contributed by atoms with van der Waals surface area (Å²) < 4.78 is 33.8. The third-order valence-corrected chi connectivity index (χ3v) is 17.5. The highest BCUT2D eigenvalue weighted by Gasteiger charge is 2.16. The second-order valence-electron chi connectivity index (χ2n) is 26.3. The number of ether oxygens (including phenoxy) is 6. The average molecular weight is 1370 g/mol. The first-order chi connectivity index (χ1) is 49.1. The number of unbranched alkanes of at least 4 members (excludes halogenated alkanes) is 11. The van der Waals surface area contributed by atoms with Crippen molar-refractivity contribution in [2.45, 2.75) is 216 Å². The van der Waals surface area contributed by atoms with Crippen molar-refractivity contribution in [2.75, 3.05) is 13.2 Å². The quantitative estimate of drug-likeness (QED) is 0.0208. The molecule has 4 unspecified atom stereocenters. The smallest absolute Gasteiger partial charge is 0.343 e. The van der Waals surface area contributed by atoms with E-state index in [0.29, 0.717) is 51.8 Å². The van der Waals surface area contributed by atoms with Crippen LogP contribution in [0.3, 0.4) is 0 Å². The monoisotopic (exact) mass is 1360 g/mol. The van der Waals surface area contributed by atoms with Crippen LogP contribution < -0.4 is 23.7 Å². The Morgan fingerprint density at radius 2 is 0.723 bits per heavy atom. The molecule has 4 atom stereocenters. The van der Waals surface area contributed by atoms with E-state index in [1.54, 1.807) is 60.7 Å². The van der Waals surface area contributed by atoms with Gasteiger partial charge in [-0.1, -0.05) is 212 Å². The predicted molar refractivity (Wildman–Crippen MR) is 412 cm³/mol. The molecule has 0 bridgehead atoms. The van der Waals surface area contributed by atoms with Crippen LogP contribution in [0.1, 0.15) is 245 Å². The molecule has 0 aliphatic heterocycles. The van der Waals surface area contributed by atoms with Crippen LogP contribution in [-0.2, 0) is 17.6 Å². The largest absolute Gasteiger partial charge is 0.494 e. The molecule has 0 saturated heterocycles. The van der Waals surface area contributed by atoms with Crippen molar-refractivity contribution in [3.63, 3.8) is 0 Å². The van der Waals surface area contributed by atoms with Crippen LogP contribution in [0.4, 0.5) is 0 Å². The highest BCUT2D eigenvalue weighted by atomic mass is 16.5. The summed E-state index contributed by atoms with van der Waals surface area (Å²) in [6, 6.07) is 64.9. The van der Waals surface area contributed by atoms with Crippen molar-refractivity contribution in [1.82, 2.24) is 0 Å². The standard InChI is InChI=1S/C28H38O5.C26H36O3.C18H19NO.C18H19N/c1-4-6-8-10-12-22(3)32-27(29)23-15-19-26(20-16-23)33-28(30)24-13-17-25(18-14-24)31-21-11-9-7-5-2;1-4-6-8-10-11-21(3)28-24-19-15-23(16-20-24)26(27)29-25-17-13-22(14-18-25)12-9-7-5-2;1-3-14(2)13-20-18-10-8-17(9-11-18)16-6-4-15(12-19)5-7-16;1-3-14(2)12-15-4-8-17(9-5-15)18-10-6-16(13-19)7-11-18/h13-20,22H,4-12,21H2,1-3H3;13-21H,4-12H2,1-3H3;4-11,14H,3,13H2,1-2H3;4-11,14H,3,12H2,1-2H3. The molecule has 11 heteroatoms. The molecule has 0 aliphatic rings. The first-order valence-corrected chi connectivity index (χ1v) is 37.3. The van der Waals surface area contributed by atoms with Crippen LogP contribution in [0.15, 0.2) is 194 Å². The van der Waals surface area contributed by atoms with Gasteiger partial charge in [-0.15, -0.1) is 0 Å². The van der Waals surface area contributed by atoms with Crippen LogP contribution in [0.2, 0.25) is 0 Å². The summed E-state index contributed by atoms with van der Waals surface area (Å²) >= 11 is 0. The van der Waals surface area contributed by atoms with Gasteiger partial charge in [-0.05, 0) is 232 Å². The molecule has 0 aromatic heterocycles. The van der Waals surface area contributed by atoms with Crippen molar-refractivity contribution in [3.8, 4) is 63.1 Å². The van der Waals surface area contributed by atoms with E-state index >= 15 is 0 Å². The summed E-state index contributed by atoms with van der Waals surface area (Å²) in [6.07, 6.45) is 24.4. The molecule has 0 radical (unpaired) electrons. The third-order valence-electron chi connectivity index (χ3n) is 17.5. The van der Waals surface area contributed by atoms with Gasteiger partial charge < -0.3 is 28.4 Å². The van der Waals surface area contributed by atoms with Gasteiger partial charge in [0.2, 0.25) is 0 Å². The van der Waals surface area contributed by atoms with Gasteiger partial charge >= 0.3 is 17.9 Å². The summed E-state index contributed by atoms with van der Waals surface area (Å²) in [7, 11) is 0. The molecule has 0 saturated carbocycles. The zero-order valence-corrected chi connectivity index (χ0v) is 62.1. The Balaban J connectivity index is 0.000000248. The number of rotatable bonds is 37. The SMILES string of the molecule is CCC(C)COc1ccc(-c2ccc(C#N)cc2)cc1.CCC(C)Cc1ccc(-c2ccc(C#N)cc2)cc1.CCCCCCC(C)Oc1ccc(C(=O)Oc2ccc(CCCCC)cc2)cc1.CCCCCCOc1ccc(C(=O)Oc2ccc(C(=O)OC(C)CCCCCC)cc2)cc1. The molecule has 0 aliphatic carbocycles. The van der Waals surface area contributed by atoms with Crippen LogP contribution in [-0.4, -0.2) is 43.3 Å². The molecule has 0 heterocycles. The van der Waals surface area contributed by atoms with Gasteiger partial charge in [0.1, 0.15) is 28.7 Å². The molecular weight excluding hydrogens is 1250 g/mol. The number of carbonyl (C=O) groups excluding carboxylic acids is 3. The van der Waals surface area contributed by atoms with Crippen LogP contribution in [0.25, 0.3) is 22.3 Å². The van der Waals surface area contributed by atoms with Gasteiger partial charge in [0.05, 0.1) is 65.4 Å². The summed E-state index contributed by atoms with van der Waals surface area (Å²) in [5.74, 6) is 3.54. The molecule has 0 amide bonds. The lowest BCUT2D eigenvalue weighted by Crippen LogP contribution is -2.15. The van der Waals surface area contributed by atoms with Crippen molar-refractivity contribution in [1.29, 1.82) is 10.5 Å². The molecule has 0 fully saturated rings. The molecular formula is C90H112N2O9. The predicted octanol–water partition coefficient (Wildman–Crippen LogP) is 24.2. The van der Waals surface area contributed by atoms with Gasteiger partial charge in [0.15, 0.2) is 0 Å². The maximum absolute atomic E-state index is 12.4. The number of hydrogen-bond donors (Lipinski definition) is 0. The Morgan fingerprint density at radius 1 is 0.356 bits per heavy atom. The van der Waals surface area contributed by atoms with E-state index in [-0.39, 0.29) is 24.1 Å². The minimum absolute atomic E-state index is 0.116. The van der Waals surface area contributed by atoms with E-state index in [2.05, 4.69) is 98.7 Å². The van der Waals surface area contributed by atoms with Crippen molar-refractivity contribution in [2.24, 2.45) is 11.8 Å². The molecule has 536 valence electrons. The van der Waals surface area contributed by atoms with Gasteiger partial charge in [-0.3, -0.25) is 0 Å². The Kier molecular flexibility index (Phi) is 39.4. The molecule has 8 rings (SSSR count). The highest BCUT2D eigenvalue weighted by molar-refractivity contribution is 5.92. The lowest BCUT2D eigenvalue weighted by atomic mass is 9.96. The van der Waals surface area contributed by atoms with Crippen LogP contribution in [0, 0.1) is 34.5 Å². The maximum atomic E-state index is 12.4. The number of aryl methyl sites for hydroxylation is 1. The minimum Gasteiger partial charge on any atom is -0.494 e. The molecule has 0 spiro atoms. The molecule has 8 aromatic rings. The van der Waals surface area contributed by atoms with E-state index in [1.807, 2.05) is 116 Å². The fourth-order valence-corrected chi connectivity index (χ4v) is 10.6. The topological polar surface area (TPSA) is 154 Å². The Hall–Kier alpha value is -9.45. The summed E-state index contributed by atoms with van der Waals surface area (Å²) in [4.78, 5) is 37.1. The first-order valence-electron chi connectivity index (χ1n) is 37.3. The number of esters is 3. The molecule has 0 N–H and O–H groups in total. The van der Waals surface area contributed by atoms with Crippen LogP contribution in [0.5, 0.6) is 28.7 Å². The number of nitriles is 2. The fourth-order valence-electron chi connectivity index (χ4n) is 10.6. The highest BCUT2D eigenvalue weighted by Crippen LogP contribution is 2.27. The van der Waals surface area contributed by atoms with Crippen LogP contribution >= 0.6 is 0 Å². The second kappa shape index (κ2) is 48.3. The fraction of sp³-hybridized carbons (Fsp3) is 0.411. The van der Waals surface area contributed by atoms with Gasteiger partial charge in [0.25, 0.3) is 0 Å². The zero-order valence-electron chi connectivity index (χ0n) is 62.1. The number of hydrogen-bond acceptors (Lipinski definition) is 11. The second-order valence-corrected chi connectivity index (χ2v) is 26.3. The molecule has 11 nitrogen and oxygen atoms in total. The number of benzene rings is 8. The normalized spacial score (nSPS) is 11.7. The molecule has 101 heavy (non-hydrogen) atoms. The van der Waals surface area contributed by atoms with E-state index in [0.717, 1.165) is 104 Å². The van der Waals surface area contributed by atoms with Gasteiger partial charge in [-0.25, -0.2) is 14.4 Å². The minimum atomic E-state index is -0.458. The zero-order chi connectivity index (χ0) is 72.8. The maximum Gasteiger partial charge on any atom is 0.343 e.